The van der Waals surface area contributed by atoms with Gasteiger partial charge in [0.05, 0.1) is 0 Å². The van der Waals surface area contributed by atoms with E-state index in [4.69, 9.17) is 0 Å². The molecule has 100 valence electrons. The van der Waals surface area contributed by atoms with E-state index in [1.807, 2.05) is 0 Å². The third-order valence-corrected chi connectivity index (χ3v) is 4.68. The van der Waals surface area contributed by atoms with Gasteiger partial charge in [-0.1, -0.05) is 12.8 Å². The molecule has 2 nitrogen and oxygen atoms in total. The van der Waals surface area contributed by atoms with Crippen LogP contribution in [-0.2, 0) is 0 Å². The molecule has 1 aliphatic heterocycles. The monoisotopic (exact) mass is 238 g/mol. The summed E-state index contributed by atoms with van der Waals surface area (Å²) in [4.78, 5) is 5.06. The molecule has 0 spiro atoms. The van der Waals surface area contributed by atoms with E-state index >= 15 is 0 Å². The lowest BCUT2D eigenvalue weighted by Gasteiger charge is -2.34. The first-order valence-electron chi connectivity index (χ1n) is 7.61. The average molecular weight is 238 g/mol. The zero-order chi connectivity index (χ0) is 12.1. The summed E-state index contributed by atoms with van der Waals surface area (Å²) in [5.74, 6) is 2.03. The number of nitrogens with zero attached hydrogens (tertiary/aromatic N) is 2. The van der Waals surface area contributed by atoms with Gasteiger partial charge in [0.1, 0.15) is 0 Å². The molecule has 0 aromatic rings. The Balaban J connectivity index is 1.60. The summed E-state index contributed by atoms with van der Waals surface area (Å²) in [6.45, 7) is 5.41. The fourth-order valence-corrected chi connectivity index (χ4v) is 3.46. The second kappa shape index (κ2) is 6.75. The normalized spacial score (nSPS) is 24.9. The van der Waals surface area contributed by atoms with E-state index in [0.29, 0.717) is 0 Å². The van der Waals surface area contributed by atoms with E-state index in [1.54, 1.807) is 0 Å². The topological polar surface area (TPSA) is 6.48 Å². The van der Waals surface area contributed by atoms with E-state index in [1.165, 1.54) is 71.1 Å². The Morgan fingerprint density at radius 2 is 1.59 bits per heavy atom. The fourth-order valence-electron chi connectivity index (χ4n) is 3.46. The lowest BCUT2D eigenvalue weighted by atomic mass is 9.92. The molecule has 2 aliphatic rings. The van der Waals surface area contributed by atoms with Crippen LogP contribution in [0.5, 0.6) is 0 Å². The third kappa shape index (κ3) is 4.59. The maximum absolute atomic E-state index is 2.74. The second-order valence-corrected chi connectivity index (χ2v) is 6.49. The molecule has 1 saturated heterocycles. The minimum absolute atomic E-state index is 0.997. The first-order chi connectivity index (χ1) is 8.24. The van der Waals surface area contributed by atoms with Crippen LogP contribution < -0.4 is 0 Å². The first kappa shape index (κ1) is 13.4. The molecule has 0 N–H and O–H groups in total. The highest BCUT2D eigenvalue weighted by Gasteiger charge is 2.23. The zero-order valence-corrected chi connectivity index (χ0v) is 11.8. The lowest BCUT2D eigenvalue weighted by molar-refractivity contribution is 0.152. The largest absolute Gasteiger partial charge is 0.309 e. The summed E-state index contributed by atoms with van der Waals surface area (Å²) in [6.07, 6.45) is 10.3. The van der Waals surface area contributed by atoms with E-state index in [-0.39, 0.29) is 0 Å². The minimum Gasteiger partial charge on any atom is -0.309 e. The molecule has 0 bridgehead atoms. The molecule has 2 heteroatoms. The van der Waals surface area contributed by atoms with Crippen LogP contribution in [-0.4, -0.2) is 50.1 Å². The Morgan fingerprint density at radius 1 is 0.941 bits per heavy atom. The number of rotatable bonds is 5. The van der Waals surface area contributed by atoms with Gasteiger partial charge < -0.3 is 9.80 Å². The summed E-state index contributed by atoms with van der Waals surface area (Å²) in [6, 6.07) is 0. The van der Waals surface area contributed by atoms with Crippen molar-refractivity contribution in [2.24, 2.45) is 11.8 Å². The summed E-state index contributed by atoms with van der Waals surface area (Å²) in [7, 11) is 4.38. The highest BCUT2D eigenvalue weighted by molar-refractivity contribution is 4.77. The Hall–Kier alpha value is -0.0800. The standard InChI is InChI=1S/C15H30N2/c1-16(2)10-7-14-8-11-17(12-9-14)13-15-5-3-4-6-15/h14-15H,3-13H2,1-2H3. The number of piperidine rings is 1. The van der Waals surface area contributed by atoms with Crippen molar-refractivity contribution in [3.05, 3.63) is 0 Å². The summed E-state index contributed by atoms with van der Waals surface area (Å²) >= 11 is 0. The van der Waals surface area contributed by atoms with Crippen molar-refractivity contribution in [1.82, 2.24) is 9.80 Å². The molecule has 1 heterocycles. The van der Waals surface area contributed by atoms with E-state index < -0.39 is 0 Å². The summed E-state index contributed by atoms with van der Waals surface area (Å²) < 4.78 is 0. The van der Waals surface area contributed by atoms with Crippen molar-refractivity contribution in [3.63, 3.8) is 0 Å². The van der Waals surface area contributed by atoms with Gasteiger partial charge in [0.2, 0.25) is 0 Å². The Morgan fingerprint density at radius 3 is 2.18 bits per heavy atom. The van der Waals surface area contributed by atoms with Gasteiger partial charge in [0, 0.05) is 6.54 Å². The Bertz CT molecular complexity index is 201. The van der Waals surface area contributed by atoms with Gasteiger partial charge in [-0.2, -0.15) is 0 Å². The van der Waals surface area contributed by atoms with Crippen LogP contribution in [0, 0.1) is 11.8 Å². The predicted molar refractivity (Wildman–Crippen MR) is 74.3 cm³/mol. The Kier molecular flexibility index (Phi) is 5.30. The minimum atomic E-state index is 0.997. The van der Waals surface area contributed by atoms with Crippen molar-refractivity contribution < 1.29 is 0 Å². The van der Waals surface area contributed by atoms with Crippen LogP contribution in [0.15, 0.2) is 0 Å². The third-order valence-electron chi connectivity index (χ3n) is 4.68. The molecule has 2 fully saturated rings. The highest BCUT2D eigenvalue weighted by atomic mass is 15.1. The van der Waals surface area contributed by atoms with Gasteiger partial charge in [-0.05, 0) is 77.7 Å². The molecular formula is C15H30N2. The first-order valence-corrected chi connectivity index (χ1v) is 7.61. The van der Waals surface area contributed by atoms with Crippen LogP contribution in [0.4, 0.5) is 0 Å². The molecule has 0 amide bonds. The lowest BCUT2D eigenvalue weighted by Crippen LogP contribution is -2.37. The number of hydrogen-bond acceptors (Lipinski definition) is 2. The summed E-state index contributed by atoms with van der Waals surface area (Å²) in [5.41, 5.74) is 0. The van der Waals surface area contributed by atoms with E-state index in [0.717, 1.165) is 11.8 Å². The molecular weight excluding hydrogens is 208 g/mol. The van der Waals surface area contributed by atoms with Crippen LogP contribution in [0.3, 0.4) is 0 Å². The molecule has 0 atom stereocenters. The van der Waals surface area contributed by atoms with Crippen LogP contribution in [0.25, 0.3) is 0 Å². The quantitative estimate of drug-likeness (QED) is 0.727. The van der Waals surface area contributed by atoms with Crippen molar-refractivity contribution in [1.29, 1.82) is 0 Å². The van der Waals surface area contributed by atoms with Crippen LogP contribution in [0.1, 0.15) is 44.9 Å². The van der Waals surface area contributed by atoms with E-state index in [9.17, 15) is 0 Å². The SMILES string of the molecule is CN(C)CCC1CCN(CC2CCCC2)CC1. The summed E-state index contributed by atoms with van der Waals surface area (Å²) in [5, 5.41) is 0. The molecule has 0 aromatic carbocycles. The van der Waals surface area contributed by atoms with Gasteiger partial charge in [0.15, 0.2) is 0 Å². The van der Waals surface area contributed by atoms with Crippen LogP contribution >= 0.6 is 0 Å². The van der Waals surface area contributed by atoms with Gasteiger partial charge in [-0.3, -0.25) is 0 Å². The molecule has 0 aromatic heterocycles. The van der Waals surface area contributed by atoms with Gasteiger partial charge in [-0.15, -0.1) is 0 Å². The maximum Gasteiger partial charge on any atom is 0.000966 e. The predicted octanol–water partition coefficient (Wildman–Crippen LogP) is 2.84. The Labute approximate surface area is 107 Å². The molecule has 1 saturated carbocycles. The molecule has 1 aliphatic carbocycles. The molecule has 17 heavy (non-hydrogen) atoms. The molecule has 0 unspecified atom stereocenters. The smallest absolute Gasteiger partial charge is 0.000966 e. The van der Waals surface area contributed by atoms with E-state index in [2.05, 4.69) is 23.9 Å². The fraction of sp³-hybridized carbons (Fsp3) is 1.00. The average Bonchev–Trinajstić information content (AvgIpc) is 2.81. The number of likely N-dealkylation sites (tertiary alicyclic amines) is 1. The number of hydrogen-bond donors (Lipinski definition) is 0. The van der Waals surface area contributed by atoms with Crippen molar-refractivity contribution in [2.45, 2.75) is 44.9 Å². The van der Waals surface area contributed by atoms with Gasteiger partial charge in [0.25, 0.3) is 0 Å². The second-order valence-electron chi connectivity index (χ2n) is 6.49. The molecule has 2 rings (SSSR count). The van der Waals surface area contributed by atoms with Crippen LogP contribution in [0.2, 0.25) is 0 Å². The highest BCUT2D eigenvalue weighted by Crippen LogP contribution is 2.27. The van der Waals surface area contributed by atoms with Crippen molar-refractivity contribution >= 4 is 0 Å². The maximum atomic E-state index is 2.74. The van der Waals surface area contributed by atoms with Crippen molar-refractivity contribution in [2.75, 3.05) is 40.3 Å². The van der Waals surface area contributed by atoms with Gasteiger partial charge >= 0.3 is 0 Å². The zero-order valence-electron chi connectivity index (χ0n) is 11.8. The van der Waals surface area contributed by atoms with Crippen molar-refractivity contribution in [3.8, 4) is 0 Å². The van der Waals surface area contributed by atoms with Gasteiger partial charge in [-0.25, -0.2) is 0 Å². The molecule has 0 radical (unpaired) electrons.